The molecule has 0 aliphatic rings. The Balaban J connectivity index is 1.90. The van der Waals surface area contributed by atoms with Crippen LogP contribution >= 0.6 is 0 Å². The number of hydrazone groups is 1. The number of benzene rings is 2. The van der Waals surface area contributed by atoms with Crippen molar-refractivity contribution in [2.75, 3.05) is 20.3 Å². The van der Waals surface area contributed by atoms with E-state index in [1.165, 1.54) is 0 Å². The highest BCUT2D eigenvalue weighted by Gasteiger charge is 2.05. The summed E-state index contributed by atoms with van der Waals surface area (Å²) < 4.78 is 16.1. The number of ether oxygens (including phenoxy) is 3. The lowest BCUT2D eigenvalue weighted by molar-refractivity contribution is -0.120. The minimum absolute atomic E-state index is 0.191. The Morgan fingerprint density at radius 1 is 1.04 bits per heavy atom. The van der Waals surface area contributed by atoms with Gasteiger partial charge in [0.25, 0.3) is 0 Å². The third-order valence-corrected chi connectivity index (χ3v) is 3.49. The standard InChI is InChI=1S/C20H24N2O4/c1-4-25-17-9-6-15(7-10-17)13-20(23)22-21-14-16-8-11-18(26-5-2)19(12-16)24-3/h6-12,14H,4-5,13H2,1-3H3,(H,22,23)/b21-14+. The number of carbonyl (C=O) groups excluding carboxylic acids is 1. The molecular formula is C20H24N2O4. The predicted octanol–water partition coefficient (Wildman–Crippen LogP) is 3.19. The van der Waals surface area contributed by atoms with Crippen molar-refractivity contribution in [2.24, 2.45) is 5.10 Å². The van der Waals surface area contributed by atoms with Gasteiger partial charge in [0.2, 0.25) is 5.91 Å². The van der Waals surface area contributed by atoms with Crippen LogP contribution in [0.2, 0.25) is 0 Å². The zero-order chi connectivity index (χ0) is 18.8. The van der Waals surface area contributed by atoms with E-state index in [1.807, 2.05) is 50.2 Å². The van der Waals surface area contributed by atoms with Gasteiger partial charge >= 0.3 is 0 Å². The SMILES string of the molecule is CCOc1ccc(CC(=O)N/N=C/c2ccc(OCC)c(OC)c2)cc1. The number of carbonyl (C=O) groups is 1. The van der Waals surface area contributed by atoms with Crippen molar-refractivity contribution >= 4 is 12.1 Å². The maximum atomic E-state index is 12.0. The molecule has 0 unspecified atom stereocenters. The predicted molar refractivity (Wildman–Crippen MR) is 101 cm³/mol. The van der Waals surface area contributed by atoms with Crippen molar-refractivity contribution in [3.63, 3.8) is 0 Å². The minimum Gasteiger partial charge on any atom is -0.494 e. The summed E-state index contributed by atoms with van der Waals surface area (Å²) in [6, 6.07) is 12.9. The van der Waals surface area contributed by atoms with Crippen LogP contribution < -0.4 is 19.6 Å². The lowest BCUT2D eigenvalue weighted by atomic mass is 10.1. The van der Waals surface area contributed by atoms with E-state index >= 15 is 0 Å². The molecule has 0 aromatic heterocycles. The molecule has 6 heteroatoms. The molecule has 0 fully saturated rings. The van der Waals surface area contributed by atoms with Crippen molar-refractivity contribution in [3.05, 3.63) is 53.6 Å². The van der Waals surface area contributed by atoms with E-state index in [0.29, 0.717) is 24.7 Å². The van der Waals surface area contributed by atoms with Crippen LogP contribution in [-0.4, -0.2) is 32.4 Å². The Labute approximate surface area is 153 Å². The van der Waals surface area contributed by atoms with Gasteiger partial charge in [0.05, 0.1) is 33.0 Å². The van der Waals surface area contributed by atoms with Gasteiger partial charge in [-0.3, -0.25) is 4.79 Å². The van der Waals surface area contributed by atoms with Gasteiger partial charge in [-0.2, -0.15) is 5.10 Å². The van der Waals surface area contributed by atoms with Gasteiger partial charge in [-0.15, -0.1) is 0 Å². The van der Waals surface area contributed by atoms with Gasteiger partial charge in [0, 0.05) is 0 Å². The van der Waals surface area contributed by atoms with Crippen LogP contribution in [0.25, 0.3) is 0 Å². The average Bonchev–Trinajstić information content (AvgIpc) is 2.65. The molecule has 138 valence electrons. The quantitative estimate of drug-likeness (QED) is 0.553. The Kier molecular flexibility index (Phi) is 7.49. The van der Waals surface area contributed by atoms with Crippen molar-refractivity contribution in [1.29, 1.82) is 0 Å². The molecule has 1 amide bonds. The van der Waals surface area contributed by atoms with E-state index in [4.69, 9.17) is 14.2 Å². The average molecular weight is 356 g/mol. The Morgan fingerprint density at radius 2 is 1.77 bits per heavy atom. The zero-order valence-electron chi connectivity index (χ0n) is 15.3. The molecule has 0 aliphatic carbocycles. The van der Waals surface area contributed by atoms with Crippen molar-refractivity contribution in [3.8, 4) is 17.2 Å². The topological polar surface area (TPSA) is 69.2 Å². The fourth-order valence-electron chi connectivity index (χ4n) is 2.31. The third-order valence-electron chi connectivity index (χ3n) is 3.49. The molecule has 0 aliphatic heterocycles. The normalized spacial score (nSPS) is 10.6. The van der Waals surface area contributed by atoms with E-state index in [0.717, 1.165) is 16.9 Å². The number of nitrogens with zero attached hydrogens (tertiary/aromatic N) is 1. The first-order chi connectivity index (χ1) is 12.7. The summed E-state index contributed by atoms with van der Waals surface area (Å²) in [6.07, 6.45) is 1.81. The molecule has 26 heavy (non-hydrogen) atoms. The number of hydrogen-bond acceptors (Lipinski definition) is 5. The maximum Gasteiger partial charge on any atom is 0.244 e. The second kappa shape index (κ2) is 10.1. The van der Waals surface area contributed by atoms with Gasteiger partial charge < -0.3 is 14.2 Å². The highest BCUT2D eigenvalue weighted by atomic mass is 16.5. The second-order valence-electron chi connectivity index (χ2n) is 5.39. The molecule has 0 radical (unpaired) electrons. The van der Waals surface area contributed by atoms with Gasteiger partial charge in [0.1, 0.15) is 5.75 Å². The van der Waals surface area contributed by atoms with E-state index in [9.17, 15) is 4.79 Å². The summed E-state index contributed by atoms with van der Waals surface area (Å²) in [4.78, 5) is 12.0. The maximum absolute atomic E-state index is 12.0. The lowest BCUT2D eigenvalue weighted by Gasteiger charge is -2.09. The summed E-state index contributed by atoms with van der Waals surface area (Å²) in [5, 5.41) is 3.99. The molecule has 2 aromatic rings. The first-order valence-corrected chi connectivity index (χ1v) is 8.50. The first kappa shape index (κ1) is 19.3. The Bertz CT molecular complexity index is 742. The number of amides is 1. The van der Waals surface area contributed by atoms with Gasteiger partial charge in [-0.1, -0.05) is 12.1 Å². The summed E-state index contributed by atoms with van der Waals surface area (Å²) >= 11 is 0. The largest absolute Gasteiger partial charge is 0.494 e. The van der Waals surface area contributed by atoms with Crippen LogP contribution in [0.4, 0.5) is 0 Å². The number of nitrogens with one attached hydrogen (secondary N) is 1. The van der Waals surface area contributed by atoms with Crippen molar-refractivity contribution in [2.45, 2.75) is 20.3 Å². The van der Waals surface area contributed by atoms with E-state index in [1.54, 1.807) is 19.4 Å². The number of hydrogen-bond donors (Lipinski definition) is 1. The molecule has 6 nitrogen and oxygen atoms in total. The second-order valence-corrected chi connectivity index (χ2v) is 5.39. The molecule has 0 saturated carbocycles. The zero-order valence-corrected chi connectivity index (χ0v) is 15.3. The van der Waals surface area contributed by atoms with Crippen LogP contribution in [0.15, 0.2) is 47.6 Å². The molecule has 1 N–H and O–H groups in total. The summed E-state index contributed by atoms with van der Waals surface area (Å²) in [5.74, 6) is 1.89. The molecule has 0 saturated heterocycles. The molecule has 2 rings (SSSR count). The van der Waals surface area contributed by atoms with Crippen molar-refractivity contribution < 1.29 is 19.0 Å². The fraction of sp³-hybridized carbons (Fsp3) is 0.300. The van der Waals surface area contributed by atoms with Crippen LogP contribution in [0, 0.1) is 0 Å². The molecular weight excluding hydrogens is 332 g/mol. The third kappa shape index (κ3) is 5.81. The molecule has 0 spiro atoms. The van der Waals surface area contributed by atoms with Crippen molar-refractivity contribution in [1.82, 2.24) is 5.43 Å². The van der Waals surface area contributed by atoms with E-state index < -0.39 is 0 Å². The smallest absolute Gasteiger partial charge is 0.244 e. The first-order valence-electron chi connectivity index (χ1n) is 8.50. The van der Waals surface area contributed by atoms with Gasteiger partial charge in [0.15, 0.2) is 11.5 Å². The summed E-state index contributed by atoms with van der Waals surface area (Å²) in [6.45, 7) is 5.02. The monoisotopic (exact) mass is 356 g/mol. The molecule has 0 heterocycles. The fourth-order valence-corrected chi connectivity index (χ4v) is 2.31. The molecule has 2 aromatic carbocycles. The van der Waals surface area contributed by atoms with Crippen LogP contribution in [0.1, 0.15) is 25.0 Å². The Morgan fingerprint density at radius 3 is 2.42 bits per heavy atom. The minimum atomic E-state index is -0.191. The number of rotatable bonds is 9. The molecule has 0 bridgehead atoms. The molecule has 0 atom stereocenters. The highest BCUT2D eigenvalue weighted by molar-refractivity contribution is 5.84. The van der Waals surface area contributed by atoms with Gasteiger partial charge in [-0.25, -0.2) is 5.43 Å². The highest BCUT2D eigenvalue weighted by Crippen LogP contribution is 2.27. The van der Waals surface area contributed by atoms with Crippen LogP contribution in [0.3, 0.4) is 0 Å². The van der Waals surface area contributed by atoms with Crippen LogP contribution in [0.5, 0.6) is 17.2 Å². The summed E-state index contributed by atoms with van der Waals surface area (Å²) in [7, 11) is 1.58. The lowest BCUT2D eigenvalue weighted by Crippen LogP contribution is -2.19. The summed E-state index contributed by atoms with van der Waals surface area (Å²) in [5.41, 5.74) is 4.21. The Hall–Kier alpha value is -3.02. The van der Waals surface area contributed by atoms with E-state index in [2.05, 4.69) is 10.5 Å². The van der Waals surface area contributed by atoms with E-state index in [-0.39, 0.29) is 12.3 Å². The van der Waals surface area contributed by atoms with Gasteiger partial charge in [-0.05, 0) is 55.3 Å². The van der Waals surface area contributed by atoms with Crippen LogP contribution in [-0.2, 0) is 11.2 Å². The number of methoxy groups -OCH3 is 1.